The smallest absolute Gasteiger partial charge is 0.0643 e. The first-order valence-electron chi connectivity index (χ1n) is 5.40. The van der Waals surface area contributed by atoms with Crippen molar-refractivity contribution >= 4 is 0 Å². The van der Waals surface area contributed by atoms with Gasteiger partial charge in [-0.15, -0.1) is 0 Å². The number of ether oxygens (including phenoxy) is 1. The van der Waals surface area contributed by atoms with Gasteiger partial charge in [-0.3, -0.25) is 0 Å². The fourth-order valence-corrected chi connectivity index (χ4v) is 1.50. The van der Waals surface area contributed by atoms with Crippen LogP contribution in [-0.2, 0) is 4.74 Å². The molecule has 1 aliphatic rings. The molecule has 0 unspecified atom stereocenters. The van der Waals surface area contributed by atoms with Gasteiger partial charge in [0.15, 0.2) is 0 Å². The first-order chi connectivity index (χ1) is 6.36. The Morgan fingerprint density at radius 1 is 1.31 bits per heavy atom. The Morgan fingerprint density at radius 2 is 2.00 bits per heavy atom. The number of hydrogen-bond acceptors (Lipinski definition) is 3. The molecular weight excluding hydrogens is 164 g/mol. The van der Waals surface area contributed by atoms with Gasteiger partial charge in [-0.1, -0.05) is 13.8 Å². The Hall–Kier alpha value is -0.120. The van der Waals surface area contributed by atoms with E-state index in [1.54, 1.807) is 0 Å². The standard InChI is InChI=1S/C10H22N2O/c1-3-12(4-2)7-5-6-11-10-8-13-9-10/h10-11H,3-9H2,1-2H3. The van der Waals surface area contributed by atoms with Crippen LogP contribution in [0.3, 0.4) is 0 Å². The summed E-state index contributed by atoms with van der Waals surface area (Å²) in [6.45, 7) is 10.9. The van der Waals surface area contributed by atoms with Crippen LogP contribution in [0.15, 0.2) is 0 Å². The lowest BCUT2D eigenvalue weighted by atomic mass is 10.2. The fraction of sp³-hybridized carbons (Fsp3) is 1.00. The van der Waals surface area contributed by atoms with E-state index in [0.29, 0.717) is 6.04 Å². The Morgan fingerprint density at radius 3 is 2.46 bits per heavy atom. The molecule has 1 N–H and O–H groups in total. The van der Waals surface area contributed by atoms with Crippen molar-refractivity contribution in [2.75, 3.05) is 39.4 Å². The van der Waals surface area contributed by atoms with E-state index in [1.165, 1.54) is 26.1 Å². The largest absolute Gasteiger partial charge is 0.378 e. The summed E-state index contributed by atoms with van der Waals surface area (Å²) in [5.41, 5.74) is 0. The predicted octanol–water partition coefficient (Wildman–Crippen LogP) is 0.707. The van der Waals surface area contributed by atoms with Crippen LogP contribution in [0.25, 0.3) is 0 Å². The van der Waals surface area contributed by atoms with Crippen molar-refractivity contribution in [3.8, 4) is 0 Å². The van der Waals surface area contributed by atoms with Gasteiger partial charge in [0.1, 0.15) is 0 Å². The molecule has 0 saturated carbocycles. The van der Waals surface area contributed by atoms with Crippen molar-refractivity contribution in [2.45, 2.75) is 26.3 Å². The van der Waals surface area contributed by atoms with Gasteiger partial charge in [-0.05, 0) is 32.6 Å². The molecule has 1 rings (SSSR count). The van der Waals surface area contributed by atoms with E-state index >= 15 is 0 Å². The van der Waals surface area contributed by atoms with Crippen LogP contribution in [0.4, 0.5) is 0 Å². The monoisotopic (exact) mass is 186 g/mol. The number of hydrogen-bond donors (Lipinski definition) is 1. The molecule has 1 aliphatic heterocycles. The van der Waals surface area contributed by atoms with E-state index in [2.05, 4.69) is 24.1 Å². The molecule has 0 aromatic rings. The second kappa shape index (κ2) is 6.35. The first kappa shape index (κ1) is 11.0. The highest BCUT2D eigenvalue weighted by Gasteiger charge is 2.16. The molecule has 0 aromatic heterocycles. The molecule has 3 nitrogen and oxygen atoms in total. The van der Waals surface area contributed by atoms with Crippen LogP contribution < -0.4 is 5.32 Å². The fourth-order valence-electron chi connectivity index (χ4n) is 1.50. The van der Waals surface area contributed by atoms with Gasteiger partial charge in [0.05, 0.1) is 19.3 Å². The minimum atomic E-state index is 0.636. The highest BCUT2D eigenvalue weighted by molar-refractivity contribution is 4.72. The zero-order valence-electron chi connectivity index (χ0n) is 8.88. The molecule has 1 fully saturated rings. The van der Waals surface area contributed by atoms with E-state index in [4.69, 9.17) is 4.74 Å². The summed E-state index contributed by atoms with van der Waals surface area (Å²) in [6, 6.07) is 0.636. The molecule has 1 saturated heterocycles. The highest BCUT2D eigenvalue weighted by atomic mass is 16.5. The van der Waals surface area contributed by atoms with Crippen LogP contribution in [0.2, 0.25) is 0 Å². The average Bonchev–Trinajstić information content (AvgIpc) is 2.08. The van der Waals surface area contributed by atoms with Crippen LogP contribution in [0.5, 0.6) is 0 Å². The van der Waals surface area contributed by atoms with Crippen molar-refractivity contribution in [1.29, 1.82) is 0 Å². The minimum absolute atomic E-state index is 0.636. The van der Waals surface area contributed by atoms with Gasteiger partial charge in [-0.25, -0.2) is 0 Å². The van der Waals surface area contributed by atoms with Crippen LogP contribution >= 0.6 is 0 Å². The molecule has 78 valence electrons. The maximum absolute atomic E-state index is 5.08. The SMILES string of the molecule is CCN(CC)CCCNC1COC1. The molecule has 0 aliphatic carbocycles. The maximum atomic E-state index is 5.08. The van der Waals surface area contributed by atoms with Gasteiger partial charge >= 0.3 is 0 Å². The van der Waals surface area contributed by atoms with Gasteiger partial charge in [-0.2, -0.15) is 0 Å². The van der Waals surface area contributed by atoms with Crippen molar-refractivity contribution in [1.82, 2.24) is 10.2 Å². The Kier molecular flexibility index (Phi) is 5.35. The van der Waals surface area contributed by atoms with Crippen LogP contribution in [-0.4, -0.2) is 50.3 Å². The maximum Gasteiger partial charge on any atom is 0.0643 e. The molecule has 0 bridgehead atoms. The quantitative estimate of drug-likeness (QED) is 0.593. The van der Waals surface area contributed by atoms with E-state index in [9.17, 15) is 0 Å². The van der Waals surface area contributed by atoms with E-state index in [-0.39, 0.29) is 0 Å². The lowest BCUT2D eigenvalue weighted by Crippen LogP contribution is -2.46. The summed E-state index contributed by atoms with van der Waals surface area (Å²) in [5.74, 6) is 0. The molecule has 0 aromatic carbocycles. The summed E-state index contributed by atoms with van der Waals surface area (Å²) >= 11 is 0. The Labute approximate surface area is 81.4 Å². The lowest BCUT2D eigenvalue weighted by molar-refractivity contribution is -0.00513. The van der Waals surface area contributed by atoms with Crippen molar-refractivity contribution in [2.24, 2.45) is 0 Å². The molecule has 0 spiro atoms. The van der Waals surface area contributed by atoms with Gasteiger partial charge < -0.3 is 15.0 Å². The van der Waals surface area contributed by atoms with Crippen molar-refractivity contribution < 1.29 is 4.74 Å². The number of nitrogens with one attached hydrogen (secondary N) is 1. The predicted molar refractivity (Wildman–Crippen MR) is 55.0 cm³/mol. The summed E-state index contributed by atoms with van der Waals surface area (Å²) in [7, 11) is 0. The van der Waals surface area contributed by atoms with E-state index < -0.39 is 0 Å². The zero-order valence-corrected chi connectivity index (χ0v) is 8.88. The van der Waals surface area contributed by atoms with E-state index in [1.807, 2.05) is 0 Å². The number of rotatable bonds is 7. The third-order valence-corrected chi connectivity index (χ3v) is 2.62. The van der Waals surface area contributed by atoms with Gasteiger partial charge in [0, 0.05) is 0 Å². The average molecular weight is 186 g/mol. The number of nitrogens with zero attached hydrogens (tertiary/aromatic N) is 1. The highest BCUT2D eigenvalue weighted by Crippen LogP contribution is 1.99. The van der Waals surface area contributed by atoms with Crippen molar-refractivity contribution in [3.05, 3.63) is 0 Å². The van der Waals surface area contributed by atoms with Crippen LogP contribution in [0, 0.1) is 0 Å². The Bertz CT molecular complexity index is 122. The summed E-state index contributed by atoms with van der Waals surface area (Å²) in [4.78, 5) is 2.46. The zero-order chi connectivity index (χ0) is 9.52. The third-order valence-electron chi connectivity index (χ3n) is 2.62. The molecule has 3 heteroatoms. The van der Waals surface area contributed by atoms with Crippen molar-refractivity contribution in [3.63, 3.8) is 0 Å². The molecule has 0 radical (unpaired) electrons. The summed E-state index contributed by atoms with van der Waals surface area (Å²) in [5, 5.41) is 3.47. The summed E-state index contributed by atoms with van der Waals surface area (Å²) < 4.78 is 5.08. The topological polar surface area (TPSA) is 24.5 Å². The molecule has 0 amide bonds. The third kappa shape index (κ3) is 4.07. The van der Waals surface area contributed by atoms with Crippen LogP contribution in [0.1, 0.15) is 20.3 Å². The minimum Gasteiger partial charge on any atom is -0.378 e. The van der Waals surface area contributed by atoms with E-state index in [0.717, 1.165) is 19.8 Å². The molecular formula is C10H22N2O. The molecule has 13 heavy (non-hydrogen) atoms. The first-order valence-corrected chi connectivity index (χ1v) is 5.40. The lowest BCUT2D eigenvalue weighted by Gasteiger charge is -2.27. The molecule has 1 heterocycles. The van der Waals surface area contributed by atoms with Gasteiger partial charge in [0.2, 0.25) is 0 Å². The molecule has 0 atom stereocenters. The summed E-state index contributed by atoms with van der Waals surface area (Å²) in [6.07, 6.45) is 1.25. The Balaban J connectivity index is 1.87. The second-order valence-corrected chi connectivity index (χ2v) is 3.57. The normalized spacial score (nSPS) is 17.8. The van der Waals surface area contributed by atoms with Gasteiger partial charge in [0.25, 0.3) is 0 Å². The second-order valence-electron chi connectivity index (χ2n) is 3.57.